The Morgan fingerprint density at radius 3 is 2.18 bits per heavy atom. The molecular formula is C8H8Cl2Mg. The Labute approximate surface area is 94.9 Å². The van der Waals surface area contributed by atoms with E-state index < -0.39 is 0 Å². The van der Waals surface area contributed by atoms with Crippen molar-refractivity contribution in [3.8, 4) is 0 Å². The van der Waals surface area contributed by atoms with Crippen molar-refractivity contribution < 1.29 is 12.4 Å². The predicted molar refractivity (Wildman–Crippen MR) is 46.1 cm³/mol. The van der Waals surface area contributed by atoms with Crippen molar-refractivity contribution in [3.05, 3.63) is 41.8 Å². The summed E-state index contributed by atoms with van der Waals surface area (Å²) in [6.45, 7) is 0. The van der Waals surface area contributed by atoms with Gasteiger partial charge in [-0.1, -0.05) is 35.9 Å². The number of rotatable bonds is 2. The molecule has 3 heteroatoms. The minimum Gasteiger partial charge on any atom is -1.00 e. The molecule has 1 rings (SSSR count). The number of hydrogen-bond donors (Lipinski definition) is 0. The SMILES string of the molecule is Cl[CH-]Cc1ccccc1.[Cl-].[Mg+2]. The second-order valence-electron chi connectivity index (χ2n) is 1.84. The van der Waals surface area contributed by atoms with Crippen molar-refractivity contribution in [1.82, 2.24) is 0 Å². The van der Waals surface area contributed by atoms with E-state index >= 15 is 0 Å². The summed E-state index contributed by atoms with van der Waals surface area (Å²) >= 11 is 5.41. The van der Waals surface area contributed by atoms with E-state index in [9.17, 15) is 0 Å². The first kappa shape index (κ1) is 14.1. The second-order valence-corrected chi connectivity index (χ2v) is 2.15. The molecule has 0 N–H and O–H groups in total. The maximum atomic E-state index is 5.41. The van der Waals surface area contributed by atoms with E-state index in [-0.39, 0.29) is 35.5 Å². The quantitative estimate of drug-likeness (QED) is 0.434. The molecule has 1 aromatic carbocycles. The molecule has 0 nitrogen and oxygen atoms in total. The Balaban J connectivity index is 0. The summed E-state index contributed by atoms with van der Waals surface area (Å²) in [6, 6.07) is 10.1. The van der Waals surface area contributed by atoms with Crippen LogP contribution in [0.15, 0.2) is 30.3 Å². The van der Waals surface area contributed by atoms with Gasteiger partial charge in [-0.2, -0.15) is 0 Å². The van der Waals surface area contributed by atoms with Crippen LogP contribution < -0.4 is 12.4 Å². The van der Waals surface area contributed by atoms with Gasteiger partial charge in [-0.15, -0.1) is 6.42 Å². The summed E-state index contributed by atoms with van der Waals surface area (Å²) in [5, 5.41) is 0. The molecule has 0 radical (unpaired) electrons. The molecule has 0 fully saturated rings. The third-order valence-corrected chi connectivity index (χ3v) is 1.31. The number of halogens is 2. The predicted octanol–water partition coefficient (Wildman–Crippen LogP) is -0.747. The Morgan fingerprint density at radius 2 is 1.73 bits per heavy atom. The average Bonchev–Trinajstić information content (AvgIpc) is 1.91. The summed E-state index contributed by atoms with van der Waals surface area (Å²) < 4.78 is 0. The van der Waals surface area contributed by atoms with E-state index in [1.807, 2.05) is 18.2 Å². The third-order valence-electron chi connectivity index (χ3n) is 1.16. The Bertz CT molecular complexity index is 165. The normalized spacial score (nSPS) is 7.73. The standard InChI is InChI=1S/C8H8Cl.ClH.Mg/c9-7-6-8-4-2-1-3-5-8;;/h1-5,7H,6H2;1H;/q-1;;+2/p-1. The molecule has 0 unspecified atom stereocenters. The molecule has 0 aliphatic rings. The smallest absolute Gasteiger partial charge is 1.00 e. The molecule has 0 aliphatic carbocycles. The van der Waals surface area contributed by atoms with E-state index in [1.165, 1.54) is 5.56 Å². The van der Waals surface area contributed by atoms with Crippen LogP contribution in [0, 0.1) is 5.88 Å². The summed E-state index contributed by atoms with van der Waals surface area (Å²) in [5.41, 5.74) is 1.26. The van der Waals surface area contributed by atoms with Crippen molar-refractivity contribution in [2.45, 2.75) is 6.42 Å². The molecule has 0 amide bonds. The molecule has 0 spiro atoms. The van der Waals surface area contributed by atoms with Crippen molar-refractivity contribution in [2.24, 2.45) is 0 Å². The van der Waals surface area contributed by atoms with Crippen molar-refractivity contribution >= 4 is 34.7 Å². The van der Waals surface area contributed by atoms with Gasteiger partial charge in [0, 0.05) is 0 Å². The average molecular weight is 199 g/mol. The van der Waals surface area contributed by atoms with E-state index in [1.54, 1.807) is 5.88 Å². The molecule has 0 aromatic heterocycles. The van der Waals surface area contributed by atoms with Gasteiger partial charge >= 0.3 is 23.1 Å². The summed E-state index contributed by atoms with van der Waals surface area (Å²) in [5.74, 6) is 1.63. The maximum absolute atomic E-state index is 5.41. The van der Waals surface area contributed by atoms with Gasteiger partial charge < -0.3 is 24.0 Å². The molecule has 0 atom stereocenters. The molecule has 0 aliphatic heterocycles. The molecule has 56 valence electrons. The first-order valence-electron chi connectivity index (χ1n) is 2.89. The minimum atomic E-state index is 0. The summed E-state index contributed by atoms with van der Waals surface area (Å²) in [7, 11) is 0. The zero-order valence-corrected chi connectivity index (χ0v) is 9.06. The first-order valence-corrected chi connectivity index (χ1v) is 3.33. The Morgan fingerprint density at radius 1 is 1.18 bits per heavy atom. The van der Waals surface area contributed by atoms with E-state index in [0.29, 0.717) is 0 Å². The molecule has 0 bridgehead atoms. The van der Waals surface area contributed by atoms with Crippen LogP contribution in [0.5, 0.6) is 0 Å². The summed E-state index contributed by atoms with van der Waals surface area (Å²) in [4.78, 5) is 0. The fraction of sp³-hybridized carbons (Fsp3) is 0.125. The van der Waals surface area contributed by atoms with Crippen LogP contribution in [-0.2, 0) is 6.42 Å². The summed E-state index contributed by atoms with van der Waals surface area (Å²) in [6.07, 6.45) is 0.850. The van der Waals surface area contributed by atoms with Gasteiger partial charge in [0.05, 0.1) is 0 Å². The Kier molecular flexibility index (Phi) is 11.1. The second kappa shape index (κ2) is 8.66. The van der Waals surface area contributed by atoms with Gasteiger partial charge in [0.25, 0.3) is 0 Å². The van der Waals surface area contributed by atoms with E-state index in [4.69, 9.17) is 11.6 Å². The number of hydrogen-bond acceptors (Lipinski definition) is 0. The van der Waals surface area contributed by atoms with Crippen molar-refractivity contribution in [3.63, 3.8) is 0 Å². The Hall–Kier alpha value is 0.566. The monoisotopic (exact) mass is 198 g/mol. The topological polar surface area (TPSA) is 0 Å². The van der Waals surface area contributed by atoms with Gasteiger partial charge in [-0.05, 0) is 0 Å². The van der Waals surface area contributed by atoms with Gasteiger partial charge in [0.2, 0.25) is 0 Å². The van der Waals surface area contributed by atoms with E-state index in [2.05, 4.69) is 12.1 Å². The zero-order chi connectivity index (χ0) is 6.53. The fourth-order valence-electron chi connectivity index (χ4n) is 0.703. The third kappa shape index (κ3) is 5.80. The van der Waals surface area contributed by atoms with Crippen LogP contribution in [0.3, 0.4) is 0 Å². The maximum Gasteiger partial charge on any atom is 2.00 e. The molecule has 11 heavy (non-hydrogen) atoms. The molecule has 0 heterocycles. The van der Waals surface area contributed by atoms with Crippen LogP contribution in [0.2, 0.25) is 0 Å². The van der Waals surface area contributed by atoms with Crippen LogP contribution in [-0.4, -0.2) is 23.1 Å². The fourth-order valence-corrected chi connectivity index (χ4v) is 0.881. The first-order chi connectivity index (χ1) is 4.43. The van der Waals surface area contributed by atoms with Gasteiger partial charge in [-0.25, -0.2) is 5.88 Å². The van der Waals surface area contributed by atoms with Crippen LogP contribution >= 0.6 is 11.6 Å². The zero-order valence-electron chi connectivity index (χ0n) is 6.13. The van der Waals surface area contributed by atoms with Gasteiger partial charge in [0.15, 0.2) is 0 Å². The van der Waals surface area contributed by atoms with Crippen LogP contribution in [0.25, 0.3) is 0 Å². The van der Waals surface area contributed by atoms with Gasteiger partial charge in [0.1, 0.15) is 0 Å². The molecule has 1 aromatic rings. The van der Waals surface area contributed by atoms with Crippen molar-refractivity contribution in [1.29, 1.82) is 0 Å². The minimum absolute atomic E-state index is 0. The largest absolute Gasteiger partial charge is 2.00 e. The van der Waals surface area contributed by atoms with E-state index in [0.717, 1.165) is 6.42 Å². The molecular weight excluding hydrogens is 191 g/mol. The number of benzene rings is 1. The van der Waals surface area contributed by atoms with Crippen LogP contribution in [0.1, 0.15) is 5.56 Å². The van der Waals surface area contributed by atoms with Crippen molar-refractivity contribution in [2.75, 3.05) is 0 Å². The van der Waals surface area contributed by atoms with Crippen LogP contribution in [0.4, 0.5) is 0 Å². The van der Waals surface area contributed by atoms with Gasteiger partial charge in [-0.3, -0.25) is 0 Å². The molecule has 0 saturated carbocycles. The molecule has 0 saturated heterocycles.